The number of para-hydroxylation sites is 1. The predicted octanol–water partition coefficient (Wildman–Crippen LogP) is 2.81. The van der Waals surface area contributed by atoms with Gasteiger partial charge in [0.2, 0.25) is 0 Å². The number of aromatic nitrogens is 4. The largest absolute Gasteiger partial charge is 0.449 e. The Kier molecular flexibility index (Phi) is 4.42. The summed E-state index contributed by atoms with van der Waals surface area (Å²) in [7, 11) is 0. The number of carbonyl (C=O) groups excluding carboxylic acids is 1. The fourth-order valence-corrected chi connectivity index (χ4v) is 2.72. The normalized spacial score (nSPS) is 10.9. The lowest BCUT2D eigenvalue weighted by molar-refractivity contribution is 0.240. The molecule has 0 radical (unpaired) electrons. The smallest absolute Gasteiger partial charge is 0.344 e. The first-order chi connectivity index (χ1) is 12.8. The van der Waals surface area contributed by atoms with Crippen molar-refractivity contribution < 1.29 is 9.21 Å². The molecule has 0 aliphatic heterocycles. The van der Waals surface area contributed by atoms with E-state index in [0.717, 1.165) is 12.1 Å². The summed E-state index contributed by atoms with van der Waals surface area (Å²) in [5.41, 5.74) is 3.41. The third-order valence-corrected chi connectivity index (χ3v) is 3.99. The Morgan fingerprint density at radius 2 is 1.88 bits per heavy atom. The first-order valence-electron chi connectivity index (χ1n) is 8.35. The van der Waals surface area contributed by atoms with E-state index in [-0.39, 0.29) is 6.03 Å². The lowest BCUT2D eigenvalue weighted by atomic mass is 10.1. The molecule has 0 spiro atoms. The number of fused-ring (bicyclic) bond motifs is 1. The van der Waals surface area contributed by atoms with Crippen LogP contribution < -0.4 is 5.32 Å². The van der Waals surface area contributed by atoms with Gasteiger partial charge < -0.3 is 9.73 Å². The molecule has 130 valence electrons. The van der Waals surface area contributed by atoms with E-state index in [4.69, 9.17) is 4.42 Å². The van der Waals surface area contributed by atoms with E-state index in [9.17, 15) is 4.79 Å². The molecule has 0 aliphatic rings. The molecule has 0 aliphatic carbocycles. The maximum Gasteiger partial charge on any atom is 0.344 e. The zero-order valence-electron chi connectivity index (χ0n) is 14.0. The second-order valence-corrected chi connectivity index (χ2v) is 5.87. The minimum Gasteiger partial charge on any atom is -0.449 e. The van der Waals surface area contributed by atoms with Gasteiger partial charge in [0.25, 0.3) is 0 Å². The van der Waals surface area contributed by atoms with Crippen LogP contribution in [-0.4, -0.2) is 32.6 Å². The van der Waals surface area contributed by atoms with Gasteiger partial charge in [0.05, 0.1) is 11.2 Å². The molecule has 26 heavy (non-hydrogen) atoms. The van der Waals surface area contributed by atoms with Crippen LogP contribution in [0.15, 0.2) is 65.3 Å². The summed E-state index contributed by atoms with van der Waals surface area (Å²) >= 11 is 0. The third-order valence-electron chi connectivity index (χ3n) is 3.99. The summed E-state index contributed by atoms with van der Waals surface area (Å²) < 4.78 is 6.74. The van der Waals surface area contributed by atoms with Crippen molar-refractivity contribution in [2.24, 2.45) is 0 Å². The van der Waals surface area contributed by atoms with Crippen molar-refractivity contribution in [3.05, 3.63) is 78.0 Å². The van der Waals surface area contributed by atoms with Crippen molar-refractivity contribution in [1.82, 2.24) is 25.3 Å². The number of amides is 1. The summed E-state index contributed by atoms with van der Waals surface area (Å²) in [6.45, 7) is 0.401. The molecule has 2 aromatic heterocycles. The highest BCUT2D eigenvalue weighted by Gasteiger charge is 2.11. The molecular formula is C19H17N5O2. The molecule has 0 saturated heterocycles. The maximum atomic E-state index is 12.3. The van der Waals surface area contributed by atoms with Gasteiger partial charge in [-0.2, -0.15) is 4.68 Å². The summed E-state index contributed by atoms with van der Waals surface area (Å²) in [4.78, 5) is 16.7. The summed E-state index contributed by atoms with van der Waals surface area (Å²) in [5, 5.41) is 10.7. The zero-order chi connectivity index (χ0) is 17.8. The molecule has 4 rings (SSSR count). The molecule has 7 heteroatoms. The lowest BCUT2D eigenvalue weighted by Gasteiger charge is -2.03. The second kappa shape index (κ2) is 7.18. The van der Waals surface area contributed by atoms with Crippen LogP contribution in [0.4, 0.5) is 4.79 Å². The van der Waals surface area contributed by atoms with E-state index in [1.54, 1.807) is 12.3 Å². The van der Waals surface area contributed by atoms with Crippen LogP contribution in [0.25, 0.3) is 11.0 Å². The molecule has 1 N–H and O–H groups in total. The fourth-order valence-electron chi connectivity index (χ4n) is 2.72. The summed E-state index contributed by atoms with van der Waals surface area (Å²) in [6.07, 6.45) is 2.89. The van der Waals surface area contributed by atoms with E-state index in [0.29, 0.717) is 29.9 Å². The number of hydrogen-bond donors (Lipinski definition) is 1. The van der Waals surface area contributed by atoms with Gasteiger partial charge >= 0.3 is 6.03 Å². The van der Waals surface area contributed by atoms with E-state index in [1.807, 2.05) is 36.4 Å². The minimum absolute atomic E-state index is 0.324. The van der Waals surface area contributed by atoms with Gasteiger partial charge in [0.1, 0.15) is 11.8 Å². The quantitative estimate of drug-likeness (QED) is 0.600. The molecule has 0 fully saturated rings. The van der Waals surface area contributed by atoms with Crippen molar-refractivity contribution in [2.75, 3.05) is 6.54 Å². The van der Waals surface area contributed by atoms with Crippen LogP contribution in [0.1, 0.15) is 17.1 Å². The monoisotopic (exact) mass is 347 g/mol. The van der Waals surface area contributed by atoms with Gasteiger partial charge in [-0.25, -0.2) is 9.78 Å². The maximum absolute atomic E-state index is 12.3. The Balaban J connectivity index is 1.33. The number of benzene rings is 2. The van der Waals surface area contributed by atoms with E-state index >= 15 is 0 Å². The highest BCUT2D eigenvalue weighted by atomic mass is 16.3. The van der Waals surface area contributed by atoms with Gasteiger partial charge in [0, 0.05) is 19.4 Å². The summed E-state index contributed by atoms with van der Waals surface area (Å²) in [6, 6.07) is 17.1. The van der Waals surface area contributed by atoms with Crippen molar-refractivity contribution in [1.29, 1.82) is 0 Å². The lowest BCUT2D eigenvalue weighted by Crippen LogP contribution is -2.31. The first-order valence-corrected chi connectivity index (χ1v) is 8.35. The standard InChI is InChI=1S/C19H17N5O2/c25-19(24-17-9-5-4-8-16(17)22-23-24)20-11-10-18-21-15(13-26-18)12-14-6-2-1-3-7-14/h1-9,13H,10-12H2,(H,20,25). The highest BCUT2D eigenvalue weighted by Crippen LogP contribution is 2.10. The van der Waals surface area contributed by atoms with Gasteiger partial charge in [-0.15, -0.1) is 5.10 Å². The number of hydrogen-bond acceptors (Lipinski definition) is 5. The van der Waals surface area contributed by atoms with Crippen molar-refractivity contribution in [3.8, 4) is 0 Å². The predicted molar refractivity (Wildman–Crippen MR) is 95.8 cm³/mol. The third kappa shape index (κ3) is 3.46. The van der Waals surface area contributed by atoms with Gasteiger partial charge in [-0.3, -0.25) is 0 Å². The Hall–Kier alpha value is -3.48. The van der Waals surface area contributed by atoms with Gasteiger partial charge in [0.15, 0.2) is 5.89 Å². The van der Waals surface area contributed by atoms with Crippen LogP contribution in [-0.2, 0) is 12.8 Å². The number of carbonyl (C=O) groups is 1. The summed E-state index contributed by atoms with van der Waals surface area (Å²) in [5.74, 6) is 0.597. The second-order valence-electron chi connectivity index (χ2n) is 5.87. The molecule has 2 aromatic carbocycles. The zero-order valence-corrected chi connectivity index (χ0v) is 14.0. The van der Waals surface area contributed by atoms with Crippen LogP contribution in [0.3, 0.4) is 0 Å². The average molecular weight is 347 g/mol. The molecular weight excluding hydrogens is 330 g/mol. The minimum atomic E-state index is -0.324. The number of nitrogens with one attached hydrogen (secondary N) is 1. The Labute approximate surface area is 149 Å². The van der Waals surface area contributed by atoms with E-state index in [1.165, 1.54) is 10.2 Å². The van der Waals surface area contributed by atoms with Crippen LogP contribution in [0.5, 0.6) is 0 Å². The molecule has 1 amide bonds. The highest BCUT2D eigenvalue weighted by molar-refractivity contribution is 5.87. The number of oxazole rings is 1. The molecule has 2 heterocycles. The van der Waals surface area contributed by atoms with E-state index in [2.05, 4.69) is 32.7 Å². The SMILES string of the molecule is O=C(NCCc1nc(Cc2ccccc2)co1)n1nnc2ccccc21. The van der Waals surface area contributed by atoms with Gasteiger partial charge in [-0.05, 0) is 17.7 Å². The van der Waals surface area contributed by atoms with Crippen molar-refractivity contribution in [2.45, 2.75) is 12.8 Å². The van der Waals surface area contributed by atoms with Gasteiger partial charge in [-0.1, -0.05) is 47.7 Å². The average Bonchev–Trinajstić information content (AvgIpc) is 3.29. The molecule has 4 aromatic rings. The Morgan fingerprint density at radius 1 is 1.08 bits per heavy atom. The first kappa shape index (κ1) is 16.0. The molecule has 0 atom stereocenters. The Bertz CT molecular complexity index is 1020. The molecule has 0 bridgehead atoms. The molecule has 0 saturated carbocycles. The van der Waals surface area contributed by atoms with Crippen molar-refractivity contribution in [3.63, 3.8) is 0 Å². The van der Waals surface area contributed by atoms with E-state index < -0.39 is 0 Å². The number of nitrogens with zero attached hydrogens (tertiary/aromatic N) is 4. The van der Waals surface area contributed by atoms with Crippen LogP contribution in [0, 0.1) is 0 Å². The topological polar surface area (TPSA) is 85.8 Å². The molecule has 0 unspecified atom stereocenters. The fraction of sp³-hybridized carbons (Fsp3) is 0.158. The number of rotatable bonds is 5. The van der Waals surface area contributed by atoms with Crippen LogP contribution in [0.2, 0.25) is 0 Å². The Morgan fingerprint density at radius 3 is 2.77 bits per heavy atom. The van der Waals surface area contributed by atoms with Crippen LogP contribution >= 0.6 is 0 Å². The van der Waals surface area contributed by atoms with Crippen molar-refractivity contribution >= 4 is 17.1 Å². The molecule has 7 nitrogen and oxygen atoms in total.